The van der Waals surface area contributed by atoms with Gasteiger partial charge in [-0.25, -0.2) is 9.37 Å². The molecule has 0 fully saturated rings. The molecule has 7 heteroatoms. The molecular formula is C15H14FN5O. The van der Waals surface area contributed by atoms with Gasteiger partial charge in [0.05, 0.1) is 11.8 Å². The number of carbonyl (C=O) groups excluding carboxylic acids is 1. The Hall–Kier alpha value is -2.70. The van der Waals surface area contributed by atoms with Crippen LogP contribution in [0.1, 0.15) is 12.1 Å². The van der Waals surface area contributed by atoms with Gasteiger partial charge in [-0.05, 0) is 24.6 Å². The van der Waals surface area contributed by atoms with Crippen molar-refractivity contribution >= 4 is 22.6 Å². The fourth-order valence-electron chi connectivity index (χ4n) is 2.90. The van der Waals surface area contributed by atoms with E-state index in [1.165, 1.54) is 12.1 Å². The molecule has 3 aromatic rings. The molecular weight excluding hydrogens is 285 g/mol. The number of hydrogen-bond donors (Lipinski definition) is 2. The molecule has 2 N–H and O–H groups in total. The standard InChI is InChI=1S/C15H14FN5O/c16-10-1-2-12-13(6-10)19-20-14(12)18-15(22)9-3-4-21-8-17-7-11(21)5-9/h1-2,6-9H,3-5H2,(H2,18,19,20,22). The number of nitrogens with one attached hydrogen (secondary N) is 2. The van der Waals surface area contributed by atoms with Crippen LogP contribution >= 0.6 is 0 Å². The minimum atomic E-state index is -0.338. The van der Waals surface area contributed by atoms with Crippen LogP contribution < -0.4 is 5.32 Å². The second kappa shape index (κ2) is 4.94. The van der Waals surface area contributed by atoms with Crippen LogP contribution in [0.15, 0.2) is 30.7 Å². The number of hydrogen-bond acceptors (Lipinski definition) is 3. The lowest BCUT2D eigenvalue weighted by molar-refractivity contribution is -0.120. The number of H-pyrrole nitrogens is 1. The zero-order valence-electron chi connectivity index (χ0n) is 11.7. The Morgan fingerprint density at radius 3 is 3.27 bits per heavy atom. The van der Waals surface area contributed by atoms with E-state index in [1.807, 2.05) is 0 Å². The van der Waals surface area contributed by atoms with E-state index in [4.69, 9.17) is 0 Å². The van der Waals surface area contributed by atoms with Gasteiger partial charge in [-0.1, -0.05) is 0 Å². The second-order valence-corrected chi connectivity index (χ2v) is 5.52. The van der Waals surface area contributed by atoms with Gasteiger partial charge in [0.15, 0.2) is 5.82 Å². The van der Waals surface area contributed by atoms with Crippen LogP contribution in [-0.4, -0.2) is 25.7 Å². The molecule has 3 heterocycles. The second-order valence-electron chi connectivity index (χ2n) is 5.52. The number of aryl methyl sites for hydroxylation is 1. The Bertz CT molecular complexity index is 853. The smallest absolute Gasteiger partial charge is 0.229 e. The minimum absolute atomic E-state index is 0.0647. The van der Waals surface area contributed by atoms with E-state index in [9.17, 15) is 9.18 Å². The van der Waals surface area contributed by atoms with Crippen LogP contribution in [-0.2, 0) is 17.8 Å². The Morgan fingerprint density at radius 2 is 2.36 bits per heavy atom. The van der Waals surface area contributed by atoms with Crippen LogP contribution in [0, 0.1) is 11.7 Å². The molecule has 0 radical (unpaired) electrons. The van der Waals surface area contributed by atoms with Crippen molar-refractivity contribution in [2.45, 2.75) is 19.4 Å². The van der Waals surface area contributed by atoms with Gasteiger partial charge in [-0.3, -0.25) is 9.89 Å². The predicted molar refractivity (Wildman–Crippen MR) is 78.7 cm³/mol. The number of rotatable bonds is 2. The van der Waals surface area contributed by atoms with Gasteiger partial charge < -0.3 is 9.88 Å². The Morgan fingerprint density at radius 1 is 1.45 bits per heavy atom. The van der Waals surface area contributed by atoms with Crippen LogP contribution in [0.2, 0.25) is 0 Å². The molecule has 1 amide bonds. The first-order valence-electron chi connectivity index (χ1n) is 7.14. The lowest BCUT2D eigenvalue weighted by Crippen LogP contribution is -2.30. The normalized spacial score (nSPS) is 17.4. The molecule has 0 aliphatic carbocycles. The zero-order valence-corrected chi connectivity index (χ0v) is 11.7. The minimum Gasteiger partial charge on any atom is -0.335 e. The number of halogens is 1. The third-order valence-corrected chi connectivity index (χ3v) is 4.11. The molecule has 6 nitrogen and oxygen atoms in total. The fourth-order valence-corrected chi connectivity index (χ4v) is 2.90. The number of fused-ring (bicyclic) bond motifs is 2. The van der Waals surface area contributed by atoms with Crippen LogP contribution in [0.25, 0.3) is 10.9 Å². The summed E-state index contributed by atoms with van der Waals surface area (Å²) in [5.41, 5.74) is 1.64. The first-order chi connectivity index (χ1) is 10.7. The summed E-state index contributed by atoms with van der Waals surface area (Å²) in [5.74, 6) is -0.0600. The summed E-state index contributed by atoms with van der Waals surface area (Å²) in [7, 11) is 0. The van der Waals surface area contributed by atoms with E-state index in [-0.39, 0.29) is 17.6 Å². The Labute approximate surface area is 125 Å². The summed E-state index contributed by atoms with van der Waals surface area (Å²) < 4.78 is 15.2. The molecule has 0 saturated heterocycles. The number of imidazole rings is 1. The maximum Gasteiger partial charge on any atom is 0.229 e. The molecule has 4 rings (SSSR count). The van der Waals surface area contributed by atoms with Crippen molar-refractivity contribution in [3.63, 3.8) is 0 Å². The van der Waals surface area contributed by atoms with Gasteiger partial charge in [0, 0.05) is 36.2 Å². The number of amides is 1. The molecule has 22 heavy (non-hydrogen) atoms. The molecule has 2 aromatic heterocycles. The first kappa shape index (κ1) is 13.0. The Kier molecular flexibility index (Phi) is 2.92. The highest BCUT2D eigenvalue weighted by Crippen LogP contribution is 2.24. The van der Waals surface area contributed by atoms with E-state index in [1.54, 1.807) is 18.6 Å². The number of carbonyl (C=O) groups is 1. The predicted octanol–water partition coefficient (Wildman–Crippen LogP) is 2.10. The highest BCUT2D eigenvalue weighted by atomic mass is 19.1. The number of benzene rings is 1. The zero-order chi connectivity index (χ0) is 15.1. The van der Waals surface area contributed by atoms with E-state index in [0.717, 1.165) is 18.7 Å². The average Bonchev–Trinajstić information content (AvgIpc) is 3.13. The molecule has 1 aromatic carbocycles. The van der Waals surface area contributed by atoms with Crippen molar-refractivity contribution in [1.82, 2.24) is 19.7 Å². The summed E-state index contributed by atoms with van der Waals surface area (Å²) in [6.07, 6.45) is 5.03. The summed E-state index contributed by atoms with van der Waals surface area (Å²) in [4.78, 5) is 16.5. The largest absolute Gasteiger partial charge is 0.335 e. The maximum atomic E-state index is 13.2. The number of aromatic nitrogens is 4. The third-order valence-electron chi connectivity index (χ3n) is 4.11. The van der Waals surface area contributed by atoms with E-state index >= 15 is 0 Å². The van der Waals surface area contributed by atoms with Gasteiger partial charge in [-0.2, -0.15) is 5.10 Å². The van der Waals surface area contributed by atoms with E-state index < -0.39 is 0 Å². The summed E-state index contributed by atoms with van der Waals surface area (Å²) in [6.45, 7) is 0.792. The summed E-state index contributed by atoms with van der Waals surface area (Å²) in [5, 5.41) is 10.3. The van der Waals surface area contributed by atoms with Crippen LogP contribution in [0.4, 0.5) is 10.2 Å². The summed E-state index contributed by atoms with van der Waals surface area (Å²) >= 11 is 0. The van der Waals surface area contributed by atoms with Crippen molar-refractivity contribution in [2.24, 2.45) is 5.92 Å². The highest BCUT2D eigenvalue weighted by Gasteiger charge is 2.25. The van der Waals surface area contributed by atoms with Gasteiger partial charge in [0.25, 0.3) is 0 Å². The fraction of sp³-hybridized carbons (Fsp3) is 0.267. The topological polar surface area (TPSA) is 75.6 Å². The first-order valence-corrected chi connectivity index (χ1v) is 7.14. The SMILES string of the molecule is O=C(Nc1n[nH]c2cc(F)ccc12)C1CCn2cncc2C1. The van der Waals surface area contributed by atoms with Crippen molar-refractivity contribution < 1.29 is 9.18 Å². The maximum absolute atomic E-state index is 13.2. The lowest BCUT2D eigenvalue weighted by Gasteiger charge is -2.22. The van der Waals surface area contributed by atoms with Crippen LogP contribution in [0.5, 0.6) is 0 Å². The van der Waals surface area contributed by atoms with Crippen LogP contribution in [0.3, 0.4) is 0 Å². The number of aromatic amines is 1. The van der Waals surface area contributed by atoms with Gasteiger partial charge in [0.2, 0.25) is 5.91 Å². The lowest BCUT2D eigenvalue weighted by atomic mass is 9.95. The monoisotopic (exact) mass is 299 g/mol. The molecule has 112 valence electrons. The number of nitrogens with zero attached hydrogens (tertiary/aromatic N) is 3. The Balaban J connectivity index is 1.54. The molecule has 0 bridgehead atoms. The molecule has 1 unspecified atom stereocenters. The third kappa shape index (κ3) is 2.14. The van der Waals surface area contributed by atoms with E-state index in [2.05, 4.69) is 25.1 Å². The van der Waals surface area contributed by atoms with Crippen molar-refractivity contribution in [3.05, 3.63) is 42.2 Å². The van der Waals surface area contributed by atoms with Crippen molar-refractivity contribution in [2.75, 3.05) is 5.32 Å². The average molecular weight is 299 g/mol. The molecule has 1 atom stereocenters. The highest BCUT2D eigenvalue weighted by molar-refractivity contribution is 6.00. The number of anilines is 1. The molecule has 1 aliphatic rings. The van der Waals surface area contributed by atoms with Gasteiger partial charge in [-0.15, -0.1) is 0 Å². The van der Waals surface area contributed by atoms with Crippen molar-refractivity contribution in [3.8, 4) is 0 Å². The van der Waals surface area contributed by atoms with E-state index in [0.29, 0.717) is 23.1 Å². The summed E-state index contributed by atoms with van der Waals surface area (Å²) in [6, 6.07) is 4.32. The molecule has 0 spiro atoms. The quantitative estimate of drug-likeness (QED) is 0.761. The van der Waals surface area contributed by atoms with Gasteiger partial charge >= 0.3 is 0 Å². The van der Waals surface area contributed by atoms with Gasteiger partial charge in [0.1, 0.15) is 5.82 Å². The van der Waals surface area contributed by atoms with Crippen molar-refractivity contribution in [1.29, 1.82) is 0 Å². The molecule has 0 saturated carbocycles. The molecule has 1 aliphatic heterocycles.